The summed E-state index contributed by atoms with van der Waals surface area (Å²) in [5.41, 5.74) is 4.60. The smallest absolute Gasteiger partial charge is 0.323 e. The van der Waals surface area contributed by atoms with Crippen molar-refractivity contribution in [2.24, 2.45) is 0 Å². The summed E-state index contributed by atoms with van der Waals surface area (Å²) in [6.45, 7) is 2.21. The molecule has 0 aliphatic heterocycles. The van der Waals surface area contributed by atoms with Gasteiger partial charge in [-0.2, -0.15) is 0 Å². The van der Waals surface area contributed by atoms with Crippen LogP contribution in [-0.2, 0) is 11.3 Å². The minimum absolute atomic E-state index is 0.187. The molecule has 9 heteroatoms. The number of aryl methyl sites for hydroxylation is 1. The number of aromatic amines is 2. The number of halogens is 1. The molecular formula is C24H23ClN4O4. The first-order valence-electron chi connectivity index (χ1n) is 10.2. The number of carbonyl (C=O) groups is 1. The Kier molecular flexibility index (Phi) is 6.55. The molecule has 4 rings (SSSR count). The lowest BCUT2D eigenvalue weighted by Crippen LogP contribution is -2.20. The summed E-state index contributed by atoms with van der Waals surface area (Å²) in [5.74, 6) is 0.544. The van der Waals surface area contributed by atoms with Gasteiger partial charge in [-0.3, -0.25) is 4.79 Å². The van der Waals surface area contributed by atoms with Gasteiger partial charge in [-0.25, -0.2) is 4.79 Å². The average Bonchev–Trinajstić information content (AvgIpc) is 3.17. The Balaban J connectivity index is 1.40. The van der Waals surface area contributed by atoms with Crippen molar-refractivity contribution >= 4 is 39.9 Å². The molecule has 8 nitrogen and oxygen atoms in total. The third-order valence-corrected chi connectivity index (χ3v) is 5.38. The van der Waals surface area contributed by atoms with Crippen molar-refractivity contribution in [3.63, 3.8) is 0 Å². The van der Waals surface area contributed by atoms with E-state index in [1.807, 2.05) is 49.4 Å². The highest BCUT2D eigenvalue weighted by molar-refractivity contribution is 6.31. The Morgan fingerprint density at radius 2 is 1.70 bits per heavy atom. The minimum atomic E-state index is -0.291. The first kappa shape index (κ1) is 22.3. The Hall–Kier alpha value is -3.91. The fourth-order valence-electron chi connectivity index (χ4n) is 3.30. The van der Waals surface area contributed by atoms with Crippen LogP contribution in [0, 0.1) is 6.92 Å². The second-order valence-corrected chi connectivity index (χ2v) is 7.90. The van der Waals surface area contributed by atoms with Gasteiger partial charge in [0, 0.05) is 29.0 Å². The lowest BCUT2D eigenvalue weighted by Gasteiger charge is -2.15. The van der Waals surface area contributed by atoms with Crippen molar-refractivity contribution in [3.05, 3.63) is 81.2 Å². The SMILES string of the molecule is COc1cc(CNc2ccc3[nH]c(=O)[nH]c3c2)c(Cl)cc1OCC(=O)Nc1ccc(C)cc1. The second kappa shape index (κ2) is 9.70. The number of H-pyrrole nitrogens is 2. The lowest BCUT2D eigenvalue weighted by atomic mass is 10.2. The van der Waals surface area contributed by atoms with Gasteiger partial charge in [0.15, 0.2) is 18.1 Å². The molecule has 0 fully saturated rings. The number of nitrogens with one attached hydrogen (secondary N) is 4. The van der Waals surface area contributed by atoms with Gasteiger partial charge >= 0.3 is 5.69 Å². The fourth-order valence-corrected chi connectivity index (χ4v) is 3.52. The Bertz CT molecular complexity index is 1350. The van der Waals surface area contributed by atoms with Crippen LogP contribution in [0.15, 0.2) is 59.4 Å². The zero-order chi connectivity index (χ0) is 23.4. The Morgan fingerprint density at radius 1 is 0.970 bits per heavy atom. The topological polar surface area (TPSA) is 108 Å². The molecule has 0 aliphatic rings. The zero-order valence-corrected chi connectivity index (χ0v) is 18.9. The summed E-state index contributed by atoms with van der Waals surface area (Å²) >= 11 is 6.45. The van der Waals surface area contributed by atoms with E-state index in [2.05, 4.69) is 20.6 Å². The standard InChI is InChI=1S/C24H23ClN4O4/c1-14-3-5-16(6-4-14)27-23(30)13-33-22-11-18(25)15(9-21(22)32-2)12-26-17-7-8-19-20(10-17)29-24(31)28-19/h3-11,26H,12-13H2,1-2H3,(H,27,30)(H2,28,29,31). The molecule has 1 amide bonds. The maximum atomic E-state index is 12.2. The number of hydrogen-bond acceptors (Lipinski definition) is 5. The van der Waals surface area contributed by atoms with Gasteiger partial charge in [-0.05, 0) is 48.9 Å². The molecule has 0 bridgehead atoms. The molecule has 0 atom stereocenters. The van der Waals surface area contributed by atoms with Crippen LogP contribution in [0.5, 0.6) is 11.5 Å². The van der Waals surface area contributed by atoms with Crippen LogP contribution >= 0.6 is 11.6 Å². The van der Waals surface area contributed by atoms with E-state index in [4.69, 9.17) is 21.1 Å². The van der Waals surface area contributed by atoms with E-state index in [9.17, 15) is 9.59 Å². The van der Waals surface area contributed by atoms with Crippen LogP contribution in [0.1, 0.15) is 11.1 Å². The third kappa shape index (κ3) is 5.48. The van der Waals surface area contributed by atoms with Gasteiger partial charge in [-0.1, -0.05) is 29.3 Å². The Morgan fingerprint density at radius 3 is 2.45 bits per heavy atom. The van der Waals surface area contributed by atoms with Gasteiger partial charge in [0.1, 0.15) is 0 Å². The van der Waals surface area contributed by atoms with Gasteiger partial charge in [0.2, 0.25) is 0 Å². The number of hydrogen-bond donors (Lipinski definition) is 4. The molecular weight excluding hydrogens is 444 g/mol. The van der Waals surface area contributed by atoms with Gasteiger partial charge in [0.25, 0.3) is 5.91 Å². The lowest BCUT2D eigenvalue weighted by molar-refractivity contribution is -0.118. The summed E-state index contributed by atoms with van der Waals surface area (Å²) in [4.78, 5) is 29.1. The van der Waals surface area contributed by atoms with E-state index < -0.39 is 0 Å². The van der Waals surface area contributed by atoms with Gasteiger partial charge < -0.3 is 30.1 Å². The summed E-state index contributed by atoms with van der Waals surface area (Å²) in [7, 11) is 1.52. The minimum Gasteiger partial charge on any atom is -0.493 e. The van der Waals surface area contributed by atoms with E-state index in [1.54, 1.807) is 12.1 Å². The number of aromatic nitrogens is 2. The van der Waals surface area contributed by atoms with E-state index in [1.165, 1.54) is 7.11 Å². The van der Waals surface area contributed by atoms with Crippen LogP contribution < -0.4 is 25.8 Å². The van der Waals surface area contributed by atoms with Crippen molar-refractivity contribution in [2.45, 2.75) is 13.5 Å². The molecule has 0 spiro atoms. The predicted molar refractivity (Wildman–Crippen MR) is 130 cm³/mol. The molecule has 0 aliphatic carbocycles. The third-order valence-electron chi connectivity index (χ3n) is 5.03. The van der Waals surface area contributed by atoms with Crippen LogP contribution in [0.3, 0.4) is 0 Å². The normalized spacial score (nSPS) is 10.8. The van der Waals surface area contributed by atoms with E-state index in [0.29, 0.717) is 34.3 Å². The molecule has 0 saturated heterocycles. The largest absolute Gasteiger partial charge is 0.493 e. The molecule has 170 valence electrons. The van der Waals surface area contributed by atoms with Crippen molar-refractivity contribution in [1.82, 2.24) is 9.97 Å². The first-order chi connectivity index (χ1) is 15.9. The molecule has 1 heterocycles. The number of anilines is 2. The number of rotatable bonds is 8. The van der Waals surface area contributed by atoms with E-state index in [0.717, 1.165) is 22.3 Å². The van der Waals surface area contributed by atoms with Crippen molar-refractivity contribution in [2.75, 3.05) is 24.4 Å². The van der Waals surface area contributed by atoms with Crippen LogP contribution in [0.25, 0.3) is 11.0 Å². The number of methoxy groups -OCH3 is 1. The van der Waals surface area contributed by atoms with E-state index in [-0.39, 0.29) is 18.2 Å². The number of imidazole rings is 1. The number of ether oxygens (including phenoxy) is 2. The summed E-state index contributed by atoms with van der Waals surface area (Å²) in [6, 6.07) is 16.4. The molecule has 0 saturated carbocycles. The van der Waals surface area contributed by atoms with Crippen molar-refractivity contribution < 1.29 is 14.3 Å². The molecule has 33 heavy (non-hydrogen) atoms. The first-order valence-corrected chi connectivity index (χ1v) is 10.6. The summed E-state index contributed by atoms with van der Waals surface area (Å²) in [5, 5.41) is 6.52. The monoisotopic (exact) mass is 466 g/mol. The Labute approximate surface area is 194 Å². The van der Waals surface area contributed by atoms with Crippen LogP contribution in [-0.4, -0.2) is 29.6 Å². The van der Waals surface area contributed by atoms with Gasteiger partial charge in [0.05, 0.1) is 18.1 Å². The number of amides is 1. The average molecular weight is 467 g/mol. The highest BCUT2D eigenvalue weighted by Gasteiger charge is 2.13. The van der Waals surface area contributed by atoms with Crippen molar-refractivity contribution in [3.8, 4) is 11.5 Å². The fraction of sp³-hybridized carbons (Fsp3) is 0.167. The highest BCUT2D eigenvalue weighted by atomic mass is 35.5. The maximum absolute atomic E-state index is 12.2. The highest BCUT2D eigenvalue weighted by Crippen LogP contribution is 2.34. The molecule has 0 radical (unpaired) electrons. The summed E-state index contributed by atoms with van der Waals surface area (Å²) < 4.78 is 11.1. The second-order valence-electron chi connectivity index (χ2n) is 7.49. The van der Waals surface area contributed by atoms with Crippen LogP contribution in [0.2, 0.25) is 5.02 Å². The maximum Gasteiger partial charge on any atom is 0.323 e. The number of benzene rings is 3. The molecule has 4 aromatic rings. The summed E-state index contributed by atoms with van der Waals surface area (Å²) in [6.07, 6.45) is 0. The molecule has 4 N–H and O–H groups in total. The van der Waals surface area contributed by atoms with E-state index >= 15 is 0 Å². The zero-order valence-electron chi connectivity index (χ0n) is 18.1. The van der Waals surface area contributed by atoms with Gasteiger partial charge in [-0.15, -0.1) is 0 Å². The van der Waals surface area contributed by atoms with Crippen LogP contribution in [0.4, 0.5) is 11.4 Å². The molecule has 1 aromatic heterocycles. The quantitative estimate of drug-likeness (QED) is 0.306. The van der Waals surface area contributed by atoms with Crippen molar-refractivity contribution in [1.29, 1.82) is 0 Å². The number of carbonyl (C=O) groups excluding carboxylic acids is 1. The molecule has 0 unspecified atom stereocenters. The predicted octanol–water partition coefficient (Wildman–Crippen LogP) is 4.46. The molecule has 3 aromatic carbocycles. The number of fused-ring (bicyclic) bond motifs is 1.